The molecule has 0 aliphatic heterocycles. The number of aromatic nitrogens is 4. The van der Waals surface area contributed by atoms with E-state index in [0.29, 0.717) is 10.8 Å². The minimum atomic E-state index is -0.137. The summed E-state index contributed by atoms with van der Waals surface area (Å²) in [4.78, 5) is 18.8. The van der Waals surface area contributed by atoms with Crippen LogP contribution in [0, 0.1) is 0 Å². The topological polar surface area (TPSA) is 89.6 Å². The molecule has 0 aliphatic carbocycles. The van der Waals surface area contributed by atoms with Gasteiger partial charge in [0.05, 0.1) is 11.4 Å². The highest BCUT2D eigenvalue weighted by molar-refractivity contribution is 7.99. The van der Waals surface area contributed by atoms with Crippen molar-refractivity contribution in [1.82, 2.24) is 19.7 Å². The summed E-state index contributed by atoms with van der Waals surface area (Å²) in [6.45, 7) is 4.07. The second-order valence-electron chi connectivity index (χ2n) is 4.54. The normalized spacial score (nSPS) is 10.9. The zero-order valence-corrected chi connectivity index (χ0v) is 12.8. The van der Waals surface area contributed by atoms with Gasteiger partial charge in [0, 0.05) is 18.8 Å². The molecule has 0 saturated heterocycles. The molecule has 0 aromatic carbocycles. The molecular weight excluding hydrogens is 274 g/mol. The second-order valence-corrected chi connectivity index (χ2v) is 5.51. The zero-order valence-electron chi connectivity index (χ0n) is 11.9. The fourth-order valence-electron chi connectivity index (χ4n) is 1.97. The van der Waals surface area contributed by atoms with Gasteiger partial charge in [-0.3, -0.25) is 9.48 Å². The van der Waals surface area contributed by atoms with Crippen molar-refractivity contribution in [2.24, 2.45) is 7.05 Å². The molecule has 0 atom stereocenters. The molecule has 0 aliphatic rings. The molecule has 2 heterocycles. The number of nitrogens with two attached hydrogens (primary N) is 1. The molecule has 7 heteroatoms. The van der Waals surface area contributed by atoms with Crippen molar-refractivity contribution >= 4 is 17.4 Å². The maximum Gasteiger partial charge on any atom is 0.251 e. The van der Waals surface area contributed by atoms with Crippen LogP contribution in [-0.4, -0.2) is 19.7 Å². The molecule has 0 amide bonds. The standard InChI is InChI=1S/C13H19N5OS/c1-4-6-8-7-10(19)16-13(15-8)20-12-11(14)9(5-2)17-18(12)3/h7H,4-6,14H2,1-3H3,(H,15,16,19). The molecule has 2 rings (SSSR count). The van der Waals surface area contributed by atoms with E-state index in [4.69, 9.17) is 5.73 Å². The van der Waals surface area contributed by atoms with Crippen LogP contribution in [0.25, 0.3) is 0 Å². The lowest BCUT2D eigenvalue weighted by molar-refractivity contribution is 0.685. The Kier molecular flexibility index (Phi) is 4.49. The van der Waals surface area contributed by atoms with Crippen molar-refractivity contribution in [3.05, 3.63) is 27.8 Å². The SMILES string of the molecule is CCCc1cc(=O)[nH]c(Sc2c(N)c(CC)nn2C)n1. The average Bonchev–Trinajstić information content (AvgIpc) is 2.66. The highest BCUT2D eigenvalue weighted by Crippen LogP contribution is 2.31. The number of nitrogen functional groups attached to an aromatic ring is 1. The van der Waals surface area contributed by atoms with Gasteiger partial charge in [0.1, 0.15) is 5.03 Å². The predicted molar refractivity (Wildman–Crippen MR) is 80.0 cm³/mol. The smallest absolute Gasteiger partial charge is 0.251 e. The van der Waals surface area contributed by atoms with Crippen LogP contribution in [0.4, 0.5) is 5.69 Å². The van der Waals surface area contributed by atoms with Gasteiger partial charge in [-0.25, -0.2) is 4.98 Å². The molecule has 0 bridgehead atoms. The zero-order chi connectivity index (χ0) is 14.7. The van der Waals surface area contributed by atoms with Gasteiger partial charge in [-0.2, -0.15) is 5.10 Å². The Morgan fingerprint density at radius 1 is 1.45 bits per heavy atom. The molecule has 20 heavy (non-hydrogen) atoms. The number of nitrogens with one attached hydrogen (secondary N) is 1. The Hall–Kier alpha value is -1.76. The first-order valence-electron chi connectivity index (χ1n) is 6.64. The summed E-state index contributed by atoms with van der Waals surface area (Å²) in [7, 11) is 1.84. The van der Waals surface area contributed by atoms with Crippen molar-refractivity contribution in [2.75, 3.05) is 5.73 Å². The van der Waals surface area contributed by atoms with Gasteiger partial charge in [-0.1, -0.05) is 20.3 Å². The summed E-state index contributed by atoms with van der Waals surface area (Å²) in [5, 5.41) is 5.72. The first-order valence-corrected chi connectivity index (χ1v) is 7.46. The number of rotatable bonds is 5. The third kappa shape index (κ3) is 3.04. The van der Waals surface area contributed by atoms with Crippen molar-refractivity contribution in [3.8, 4) is 0 Å². The number of nitrogens with zero attached hydrogens (tertiary/aromatic N) is 3. The summed E-state index contributed by atoms with van der Waals surface area (Å²) >= 11 is 1.34. The summed E-state index contributed by atoms with van der Waals surface area (Å²) in [6.07, 6.45) is 2.52. The van der Waals surface area contributed by atoms with Gasteiger partial charge in [-0.05, 0) is 24.6 Å². The lowest BCUT2D eigenvalue weighted by atomic mass is 10.2. The first-order chi connectivity index (χ1) is 9.55. The Morgan fingerprint density at radius 2 is 2.20 bits per heavy atom. The number of aromatic amines is 1. The lowest BCUT2D eigenvalue weighted by Gasteiger charge is -2.04. The molecule has 2 aromatic heterocycles. The van der Waals surface area contributed by atoms with E-state index in [9.17, 15) is 4.79 Å². The Labute approximate surface area is 121 Å². The molecule has 3 N–H and O–H groups in total. The van der Waals surface area contributed by atoms with Gasteiger partial charge in [0.15, 0.2) is 5.16 Å². The molecule has 2 aromatic rings. The van der Waals surface area contributed by atoms with Crippen molar-refractivity contribution in [1.29, 1.82) is 0 Å². The highest BCUT2D eigenvalue weighted by Gasteiger charge is 2.14. The third-order valence-corrected chi connectivity index (χ3v) is 3.98. The highest BCUT2D eigenvalue weighted by atomic mass is 32.2. The number of hydrogen-bond donors (Lipinski definition) is 2. The maximum atomic E-state index is 11.6. The van der Waals surface area contributed by atoms with E-state index in [1.54, 1.807) is 4.68 Å². The van der Waals surface area contributed by atoms with E-state index in [0.717, 1.165) is 35.7 Å². The van der Waals surface area contributed by atoms with Crippen LogP contribution in [0.15, 0.2) is 21.0 Å². The van der Waals surface area contributed by atoms with Crippen molar-refractivity contribution in [3.63, 3.8) is 0 Å². The minimum absolute atomic E-state index is 0.137. The molecule has 0 spiro atoms. The number of H-pyrrole nitrogens is 1. The van der Waals surface area contributed by atoms with Gasteiger partial charge < -0.3 is 10.7 Å². The summed E-state index contributed by atoms with van der Waals surface area (Å²) < 4.78 is 1.73. The van der Waals surface area contributed by atoms with Gasteiger partial charge in [-0.15, -0.1) is 0 Å². The predicted octanol–water partition coefficient (Wildman–Crippen LogP) is 1.75. The number of anilines is 1. The van der Waals surface area contributed by atoms with E-state index in [-0.39, 0.29) is 5.56 Å². The van der Waals surface area contributed by atoms with E-state index in [2.05, 4.69) is 22.0 Å². The molecule has 0 unspecified atom stereocenters. The molecule has 108 valence electrons. The fourth-order valence-corrected chi connectivity index (χ4v) is 2.87. The summed E-state index contributed by atoms with van der Waals surface area (Å²) in [6, 6.07) is 1.54. The van der Waals surface area contributed by atoms with Crippen LogP contribution in [0.2, 0.25) is 0 Å². The van der Waals surface area contributed by atoms with E-state index in [1.165, 1.54) is 17.8 Å². The van der Waals surface area contributed by atoms with Crippen LogP contribution in [-0.2, 0) is 19.9 Å². The fraction of sp³-hybridized carbons (Fsp3) is 0.462. The van der Waals surface area contributed by atoms with Crippen LogP contribution in [0.5, 0.6) is 0 Å². The quantitative estimate of drug-likeness (QED) is 0.820. The molecular formula is C13H19N5OS. The van der Waals surface area contributed by atoms with Crippen LogP contribution < -0.4 is 11.3 Å². The average molecular weight is 293 g/mol. The molecule has 0 fully saturated rings. The lowest BCUT2D eigenvalue weighted by Crippen LogP contribution is -2.10. The van der Waals surface area contributed by atoms with Gasteiger partial charge in [0.25, 0.3) is 5.56 Å². The number of hydrogen-bond acceptors (Lipinski definition) is 5. The summed E-state index contributed by atoms with van der Waals surface area (Å²) in [5.74, 6) is 0. The Balaban J connectivity index is 2.35. The summed E-state index contributed by atoms with van der Waals surface area (Å²) in [5.41, 5.74) is 8.26. The van der Waals surface area contributed by atoms with E-state index in [1.807, 2.05) is 14.0 Å². The van der Waals surface area contributed by atoms with Crippen LogP contribution in [0.3, 0.4) is 0 Å². The molecule has 0 radical (unpaired) electrons. The first kappa shape index (κ1) is 14.6. The Morgan fingerprint density at radius 3 is 2.80 bits per heavy atom. The monoisotopic (exact) mass is 293 g/mol. The van der Waals surface area contributed by atoms with Crippen LogP contribution in [0.1, 0.15) is 31.7 Å². The Bertz CT molecular complexity index is 661. The van der Waals surface area contributed by atoms with Gasteiger partial charge >= 0.3 is 0 Å². The van der Waals surface area contributed by atoms with Crippen molar-refractivity contribution in [2.45, 2.75) is 43.3 Å². The van der Waals surface area contributed by atoms with Gasteiger partial charge in [0.2, 0.25) is 0 Å². The van der Waals surface area contributed by atoms with Crippen LogP contribution >= 0.6 is 11.8 Å². The van der Waals surface area contributed by atoms with E-state index >= 15 is 0 Å². The minimum Gasteiger partial charge on any atom is -0.395 e. The van der Waals surface area contributed by atoms with Crippen molar-refractivity contribution < 1.29 is 0 Å². The third-order valence-electron chi connectivity index (χ3n) is 2.91. The molecule has 0 saturated carbocycles. The number of aryl methyl sites for hydroxylation is 3. The van der Waals surface area contributed by atoms with E-state index < -0.39 is 0 Å². The largest absolute Gasteiger partial charge is 0.395 e. The second kappa shape index (κ2) is 6.13. The maximum absolute atomic E-state index is 11.6. The molecule has 6 nitrogen and oxygen atoms in total.